The molecule has 6 heteroatoms. The summed E-state index contributed by atoms with van der Waals surface area (Å²) in [6.07, 6.45) is 3.82. The van der Waals surface area contributed by atoms with E-state index in [9.17, 15) is 4.79 Å². The third-order valence-corrected chi connectivity index (χ3v) is 4.97. The lowest BCUT2D eigenvalue weighted by Crippen LogP contribution is -2.43. The van der Waals surface area contributed by atoms with Crippen molar-refractivity contribution in [2.24, 2.45) is 11.8 Å². The van der Waals surface area contributed by atoms with Gasteiger partial charge in [0.1, 0.15) is 5.60 Å². The highest BCUT2D eigenvalue weighted by atomic mass is 32.2. The van der Waals surface area contributed by atoms with Crippen LogP contribution in [-0.2, 0) is 9.47 Å². The Bertz CT molecular complexity index is 394. The highest BCUT2D eigenvalue weighted by Crippen LogP contribution is 2.42. The molecule has 3 unspecified atom stereocenters. The standard InChI is InChI=1S/C14H23NO3S2/c1-14(2,3)18-12(16)15-7-9-5-11(15)6-10(9)8-17-13(19)20-4/h9-11H,5-8H2,1-4H3. The molecule has 1 aliphatic heterocycles. The molecular formula is C14H23NO3S2. The highest BCUT2D eigenvalue weighted by Gasteiger charge is 2.47. The molecule has 1 saturated carbocycles. The normalized spacial score (nSPS) is 28.6. The number of ether oxygens (including phenoxy) is 2. The molecule has 20 heavy (non-hydrogen) atoms. The summed E-state index contributed by atoms with van der Waals surface area (Å²) in [5.74, 6) is 1.04. The molecule has 4 nitrogen and oxygen atoms in total. The van der Waals surface area contributed by atoms with Crippen LogP contribution in [0, 0.1) is 11.8 Å². The Kier molecular flexibility index (Phi) is 4.84. The zero-order valence-electron chi connectivity index (χ0n) is 12.5. The predicted octanol–water partition coefficient (Wildman–Crippen LogP) is 3.30. The molecule has 2 rings (SSSR count). The molecular weight excluding hydrogens is 294 g/mol. The fourth-order valence-electron chi connectivity index (χ4n) is 3.04. The Morgan fingerprint density at radius 1 is 1.40 bits per heavy atom. The highest BCUT2D eigenvalue weighted by molar-refractivity contribution is 8.22. The van der Waals surface area contributed by atoms with Crippen LogP contribution < -0.4 is 0 Å². The molecule has 0 aromatic heterocycles. The van der Waals surface area contributed by atoms with Crippen molar-refractivity contribution < 1.29 is 14.3 Å². The number of hydrogen-bond acceptors (Lipinski definition) is 5. The first-order valence-corrected chi connectivity index (χ1v) is 8.64. The number of thiocarbonyl (C=S) groups is 1. The van der Waals surface area contributed by atoms with Crippen molar-refractivity contribution in [2.45, 2.75) is 45.3 Å². The molecule has 0 N–H and O–H groups in total. The first-order valence-electron chi connectivity index (χ1n) is 7.00. The molecule has 2 fully saturated rings. The van der Waals surface area contributed by atoms with E-state index in [1.165, 1.54) is 11.8 Å². The Labute approximate surface area is 130 Å². The van der Waals surface area contributed by atoms with Crippen LogP contribution in [-0.4, -0.2) is 46.4 Å². The van der Waals surface area contributed by atoms with Gasteiger partial charge in [-0.15, -0.1) is 0 Å². The second-order valence-corrected chi connectivity index (χ2v) is 7.95. The molecule has 2 aliphatic rings. The first-order chi connectivity index (χ1) is 9.30. The van der Waals surface area contributed by atoms with Gasteiger partial charge in [-0.2, -0.15) is 0 Å². The van der Waals surface area contributed by atoms with Gasteiger partial charge in [-0.05, 0) is 63.9 Å². The summed E-state index contributed by atoms with van der Waals surface area (Å²) in [6.45, 7) is 7.18. The monoisotopic (exact) mass is 317 g/mol. The minimum Gasteiger partial charge on any atom is -0.478 e. The average molecular weight is 317 g/mol. The number of thioether (sulfide) groups is 1. The zero-order valence-corrected chi connectivity index (χ0v) is 14.2. The number of fused-ring (bicyclic) bond motifs is 2. The second-order valence-electron chi connectivity index (χ2n) is 6.54. The Morgan fingerprint density at radius 2 is 2.10 bits per heavy atom. The van der Waals surface area contributed by atoms with Gasteiger partial charge in [0.2, 0.25) is 4.38 Å². The van der Waals surface area contributed by atoms with Crippen molar-refractivity contribution in [3.05, 3.63) is 0 Å². The van der Waals surface area contributed by atoms with Gasteiger partial charge >= 0.3 is 6.09 Å². The van der Waals surface area contributed by atoms with E-state index in [1.54, 1.807) is 0 Å². The van der Waals surface area contributed by atoms with E-state index in [1.807, 2.05) is 31.9 Å². The summed E-state index contributed by atoms with van der Waals surface area (Å²) >= 11 is 6.52. The molecule has 1 amide bonds. The topological polar surface area (TPSA) is 38.8 Å². The number of piperidine rings is 1. The van der Waals surface area contributed by atoms with Gasteiger partial charge in [0.05, 0.1) is 6.61 Å². The van der Waals surface area contributed by atoms with Crippen LogP contribution >= 0.6 is 24.0 Å². The van der Waals surface area contributed by atoms with Crippen LogP contribution in [0.4, 0.5) is 4.79 Å². The van der Waals surface area contributed by atoms with Crippen molar-refractivity contribution in [1.29, 1.82) is 0 Å². The smallest absolute Gasteiger partial charge is 0.410 e. The number of nitrogens with zero attached hydrogens (tertiary/aromatic N) is 1. The van der Waals surface area contributed by atoms with Crippen LogP contribution in [0.5, 0.6) is 0 Å². The van der Waals surface area contributed by atoms with E-state index in [-0.39, 0.29) is 6.09 Å². The van der Waals surface area contributed by atoms with Gasteiger partial charge in [-0.25, -0.2) is 4.79 Å². The quantitative estimate of drug-likeness (QED) is 0.731. The van der Waals surface area contributed by atoms with Crippen molar-refractivity contribution in [1.82, 2.24) is 4.90 Å². The second kappa shape index (κ2) is 6.10. The van der Waals surface area contributed by atoms with Crippen molar-refractivity contribution in [2.75, 3.05) is 19.4 Å². The molecule has 114 valence electrons. The minimum absolute atomic E-state index is 0.177. The Balaban J connectivity index is 1.82. The van der Waals surface area contributed by atoms with E-state index >= 15 is 0 Å². The summed E-state index contributed by atoms with van der Waals surface area (Å²) in [5.41, 5.74) is -0.425. The third-order valence-electron chi connectivity index (χ3n) is 3.90. The molecule has 0 aromatic rings. The molecule has 1 aliphatic carbocycles. The van der Waals surface area contributed by atoms with Crippen molar-refractivity contribution in [3.63, 3.8) is 0 Å². The SMILES string of the molecule is CSC(=S)OCC1CC2CC1CN2C(=O)OC(C)(C)C. The molecule has 1 saturated heterocycles. The third kappa shape index (κ3) is 3.79. The van der Waals surface area contributed by atoms with Gasteiger partial charge in [0.25, 0.3) is 0 Å². The molecule has 1 heterocycles. The summed E-state index contributed by atoms with van der Waals surface area (Å²) in [5, 5.41) is 0. The number of hydrogen-bond donors (Lipinski definition) is 0. The lowest BCUT2D eigenvalue weighted by Gasteiger charge is -2.33. The van der Waals surface area contributed by atoms with Crippen LogP contribution in [0.15, 0.2) is 0 Å². The average Bonchev–Trinajstić information content (AvgIpc) is 2.93. The largest absolute Gasteiger partial charge is 0.478 e. The molecule has 0 aromatic carbocycles. The molecule has 3 atom stereocenters. The van der Waals surface area contributed by atoms with Crippen LogP contribution in [0.25, 0.3) is 0 Å². The lowest BCUT2D eigenvalue weighted by atomic mass is 9.96. The minimum atomic E-state index is -0.425. The maximum atomic E-state index is 12.1. The number of carbonyl (C=O) groups excluding carboxylic acids is 1. The number of carbonyl (C=O) groups is 1. The van der Waals surface area contributed by atoms with E-state index in [0.29, 0.717) is 28.9 Å². The van der Waals surface area contributed by atoms with E-state index in [2.05, 4.69) is 0 Å². The van der Waals surface area contributed by atoms with Crippen LogP contribution in [0.3, 0.4) is 0 Å². The van der Waals surface area contributed by atoms with Crippen molar-refractivity contribution >= 4 is 34.5 Å². The van der Waals surface area contributed by atoms with E-state index < -0.39 is 5.60 Å². The number of rotatable bonds is 2. The summed E-state index contributed by atoms with van der Waals surface area (Å²) in [6, 6.07) is 0.311. The maximum absolute atomic E-state index is 12.1. The molecule has 2 bridgehead atoms. The summed E-state index contributed by atoms with van der Waals surface area (Å²) < 4.78 is 11.6. The van der Waals surface area contributed by atoms with Crippen LogP contribution in [0.1, 0.15) is 33.6 Å². The lowest BCUT2D eigenvalue weighted by molar-refractivity contribution is 0.0142. The van der Waals surface area contributed by atoms with Gasteiger partial charge in [-0.1, -0.05) is 11.8 Å². The fourth-order valence-corrected chi connectivity index (χ4v) is 3.30. The predicted molar refractivity (Wildman–Crippen MR) is 85.0 cm³/mol. The molecule has 0 radical (unpaired) electrons. The summed E-state index contributed by atoms with van der Waals surface area (Å²) in [4.78, 5) is 14.0. The number of likely N-dealkylation sites (tertiary alicyclic amines) is 1. The van der Waals surface area contributed by atoms with E-state index in [0.717, 1.165) is 19.4 Å². The first kappa shape index (κ1) is 15.9. The van der Waals surface area contributed by atoms with E-state index in [4.69, 9.17) is 21.7 Å². The van der Waals surface area contributed by atoms with Gasteiger partial charge < -0.3 is 14.4 Å². The van der Waals surface area contributed by atoms with Crippen LogP contribution in [0.2, 0.25) is 0 Å². The summed E-state index contributed by atoms with van der Waals surface area (Å²) in [7, 11) is 0. The number of amides is 1. The Morgan fingerprint density at radius 3 is 2.60 bits per heavy atom. The van der Waals surface area contributed by atoms with Gasteiger partial charge in [-0.3, -0.25) is 0 Å². The van der Waals surface area contributed by atoms with Gasteiger partial charge in [0, 0.05) is 12.6 Å². The van der Waals surface area contributed by atoms with Crippen molar-refractivity contribution in [3.8, 4) is 0 Å². The maximum Gasteiger partial charge on any atom is 0.410 e. The zero-order chi connectivity index (χ0) is 14.9. The fraction of sp³-hybridized carbons (Fsp3) is 0.857. The molecule has 0 spiro atoms. The van der Waals surface area contributed by atoms with Gasteiger partial charge in [0.15, 0.2) is 0 Å². The Hall–Kier alpha value is -0.490.